The Labute approximate surface area is 276 Å². The van der Waals surface area contributed by atoms with Gasteiger partial charge in [0.05, 0.1) is 12.6 Å². The van der Waals surface area contributed by atoms with Crippen molar-refractivity contribution in [3.8, 4) is 11.5 Å². The summed E-state index contributed by atoms with van der Waals surface area (Å²) in [6.07, 6.45) is 6.58. The molecule has 0 aliphatic carbocycles. The van der Waals surface area contributed by atoms with E-state index in [0.717, 1.165) is 30.0 Å². The number of thioether (sulfide) groups is 1. The summed E-state index contributed by atoms with van der Waals surface area (Å²) < 4.78 is 53.3. The third kappa shape index (κ3) is 12.9. The van der Waals surface area contributed by atoms with Crippen molar-refractivity contribution >= 4 is 35.0 Å². The first-order valence-corrected chi connectivity index (χ1v) is 17.7. The molecule has 0 bridgehead atoms. The number of ether oxygens (including phenoxy) is 3. The topological polar surface area (TPSA) is 78.0 Å². The van der Waals surface area contributed by atoms with Gasteiger partial charge in [-0.05, 0) is 43.4 Å². The molecule has 4 rings (SSSR count). The molecule has 1 aliphatic heterocycles. The minimum Gasteiger partial charge on any atom is -0.491 e. The molecule has 1 saturated heterocycles. The van der Waals surface area contributed by atoms with Crippen LogP contribution >= 0.6 is 23.1 Å². The Hall–Kier alpha value is -3.25. The molecule has 0 unspecified atom stereocenters. The highest BCUT2D eigenvalue weighted by molar-refractivity contribution is 8.01. The first-order valence-electron chi connectivity index (χ1n) is 15.8. The van der Waals surface area contributed by atoms with Crippen LogP contribution in [0.25, 0.3) is 0 Å². The predicted octanol–water partition coefficient (Wildman–Crippen LogP) is 8.72. The van der Waals surface area contributed by atoms with E-state index in [1.165, 1.54) is 79.0 Å². The standard InChI is InChI=1S/C34H41F3N2O5S2/c35-34(36,37)44-29-17-12-16-28(23-29)43-24-27-18-19-31(40)39(27)20-22-45-33-38-30(25-46-33)32(41)42-21-11-6-4-2-1-3-5-8-13-26-14-9-7-10-15-26/h7,9-10,12,14-17,23,25,27H,1-6,8,11,13,18-22,24H2/t27-/m1/s1. The van der Waals surface area contributed by atoms with Gasteiger partial charge < -0.3 is 19.1 Å². The van der Waals surface area contributed by atoms with Crippen LogP contribution in [0.2, 0.25) is 0 Å². The maximum Gasteiger partial charge on any atom is 0.573 e. The highest BCUT2D eigenvalue weighted by atomic mass is 32.2. The number of halogens is 3. The average Bonchev–Trinajstić information content (AvgIpc) is 3.65. The molecular formula is C34H41F3N2O5S2. The third-order valence-electron chi connectivity index (χ3n) is 7.62. The summed E-state index contributed by atoms with van der Waals surface area (Å²) in [6, 6.07) is 15.8. The van der Waals surface area contributed by atoms with E-state index in [4.69, 9.17) is 9.47 Å². The van der Waals surface area contributed by atoms with E-state index in [-0.39, 0.29) is 30.1 Å². The molecule has 1 amide bonds. The summed E-state index contributed by atoms with van der Waals surface area (Å²) in [5.74, 6) is 0.0351. The fourth-order valence-electron chi connectivity index (χ4n) is 5.25. The largest absolute Gasteiger partial charge is 0.573 e. The van der Waals surface area contributed by atoms with E-state index in [0.29, 0.717) is 37.4 Å². The molecule has 0 N–H and O–H groups in total. The number of hydrogen-bond acceptors (Lipinski definition) is 8. The van der Waals surface area contributed by atoms with E-state index in [9.17, 15) is 22.8 Å². The van der Waals surface area contributed by atoms with Gasteiger partial charge in [0, 0.05) is 30.2 Å². The van der Waals surface area contributed by atoms with Crippen LogP contribution in [0.3, 0.4) is 0 Å². The average molecular weight is 679 g/mol. The van der Waals surface area contributed by atoms with Gasteiger partial charge in [-0.2, -0.15) is 0 Å². The number of unbranched alkanes of at least 4 members (excludes halogenated alkanes) is 7. The highest BCUT2D eigenvalue weighted by Crippen LogP contribution is 2.28. The van der Waals surface area contributed by atoms with E-state index in [1.54, 1.807) is 16.3 Å². The number of benzene rings is 2. The lowest BCUT2D eigenvalue weighted by Gasteiger charge is -2.24. The zero-order chi connectivity index (χ0) is 32.6. The number of nitrogens with zero attached hydrogens (tertiary/aromatic N) is 2. The normalized spacial score (nSPS) is 14.9. The summed E-state index contributed by atoms with van der Waals surface area (Å²) in [4.78, 5) is 31.0. The van der Waals surface area contributed by atoms with Gasteiger partial charge in [-0.15, -0.1) is 24.5 Å². The Bertz CT molecular complexity index is 1360. The van der Waals surface area contributed by atoms with Gasteiger partial charge >= 0.3 is 12.3 Å². The smallest absolute Gasteiger partial charge is 0.491 e. The first kappa shape index (κ1) is 35.6. The maximum atomic E-state index is 12.5. The molecule has 2 heterocycles. The SMILES string of the molecule is O=C(OCCCCCCCCCCc1ccccc1)c1csc(SCCN2C(=O)CC[C@@H]2COc2cccc(OC(F)(F)F)c2)n1. The van der Waals surface area contributed by atoms with Crippen LogP contribution in [0.15, 0.2) is 64.3 Å². The second-order valence-corrected chi connectivity index (χ2v) is 13.4. The lowest BCUT2D eigenvalue weighted by atomic mass is 10.0. The quantitative estimate of drug-likeness (QED) is 0.0672. The molecule has 0 radical (unpaired) electrons. The summed E-state index contributed by atoms with van der Waals surface area (Å²) in [5, 5.41) is 1.69. The van der Waals surface area contributed by atoms with Crippen LogP contribution < -0.4 is 9.47 Å². The second-order valence-electron chi connectivity index (χ2n) is 11.2. The number of hydrogen-bond donors (Lipinski definition) is 0. The van der Waals surface area contributed by atoms with Gasteiger partial charge in [-0.3, -0.25) is 4.79 Å². The predicted molar refractivity (Wildman–Crippen MR) is 174 cm³/mol. The number of amides is 1. The fourth-order valence-corrected chi connectivity index (χ4v) is 7.06. The van der Waals surface area contributed by atoms with Gasteiger partial charge in [-0.1, -0.05) is 86.7 Å². The van der Waals surface area contributed by atoms with Crippen molar-refractivity contribution in [2.24, 2.45) is 0 Å². The van der Waals surface area contributed by atoms with Crippen LogP contribution in [-0.2, 0) is 16.0 Å². The maximum absolute atomic E-state index is 12.5. The second kappa shape index (κ2) is 18.8. The van der Waals surface area contributed by atoms with E-state index in [1.807, 2.05) is 0 Å². The van der Waals surface area contributed by atoms with E-state index in [2.05, 4.69) is 40.1 Å². The minimum atomic E-state index is -4.79. The Morgan fingerprint density at radius 2 is 1.67 bits per heavy atom. The molecule has 7 nitrogen and oxygen atoms in total. The zero-order valence-corrected chi connectivity index (χ0v) is 27.5. The molecule has 46 heavy (non-hydrogen) atoms. The fraction of sp³-hybridized carbons (Fsp3) is 0.500. The number of aryl methyl sites for hydroxylation is 1. The number of likely N-dealkylation sites (tertiary alicyclic amines) is 1. The third-order valence-corrected chi connectivity index (χ3v) is 9.62. The number of carbonyl (C=O) groups excluding carboxylic acids is 2. The Morgan fingerprint density at radius 3 is 2.43 bits per heavy atom. The van der Waals surface area contributed by atoms with Crippen molar-refractivity contribution in [1.82, 2.24) is 9.88 Å². The number of esters is 1. The van der Waals surface area contributed by atoms with E-state index >= 15 is 0 Å². The molecular weight excluding hydrogens is 638 g/mol. The molecule has 0 saturated carbocycles. The van der Waals surface area contributed by atoms with Crippen molar-refractivity contribution in [3.63, 3.8) is 0 Å². The van der Waals surface area contributed by atoms with Gasteiger partial charge in [-0.25, -0.2) is 9.78 Å². The molecule has 250 valence electrons. The zero-order valence-electron chi connectivity index (χ0n) is 25.8. The highest BCUT2D eigenvalue weighted by Gasteiger charge is 2.32. The molecule has 2 aromatic carbocycles. The number of aromatic nitrogens is 1. The van der Waals surface area contributed by atoms with Crippen molar-refractivity contribution in [1.29, 1.82) is 0 Å². The van der Waals surface area contributed by atoms with Crippen LogP contribution in [0.5, 0.6) is 11.5 Å². The number of rotatable bonds is 20. The molecule has 1 aromatic heterocycles. The molecule has 3 aromatic rings. The van der Waals surface area contributed by atoms with Gasteiger partial charge in [0.1, 0.15) is 18.1 Å². The number of thiazole rings is 1. The van der Waals surface area contributed by atoms with E-state index < -0.39 is 12.3 Å². The van der Waals surface area contributed by atoms with Crippen molar-refractivity contribution in [3.05, 3.63) is 71.2 Å². The van der Waals surface area contributed by atoms with Crippen LogP contribution in [0.1, 0.15) is 80.3 Å². The van der Waals surface area contributed by atoms with Crippen LogP contribution in [0.4, 0.5) is 13.2 Å². The summed E-state index contributed by atoms with van der Waals surface area (Å²) in [6.45, 7) is 1.01. The van der Waals surface area contributed by atoms with Crippen LogP contribution in [-0.4, -0.2) is 59.7 Å². The molecule has 1 atom stereocenters. The Balaban J connectivity index is 1.05. The Kier molecular flexibility index (Phi) is 14.5. The molecule has 1 fully saturated rings. The van der Waals surface area contributed by atoms with Gasteiger partial charge in [0.25, 0.3) is 0 Å². The lowest BCUT2D eigenvalue weighted by Crippen LogP contribution is -2.38. The number of alkyl halides is 3. The van der Waals surface area contributed by atoms with Crippen molar-refractivity contribution < 1.29 is 37.0 Å². The first-order chi connectivity index (χ1) is 22.3. The minimum absolute atomic E-state index is 0.00518. The summed E-state index contributed by atoms with van der Waals surface area (Å²) in [7, 11) is 0. The lowest BCUT2D eigenvalue weighted by molar-refractivity contribution is -0.274. The summed E-state index contributed by atoms with van der Waals surface area (Å²) in [5.41, 5.74) is 1.71. The Morgan fingerprint density at radius 1 is 0.957 bits per heavy atom. The van der Waals surface area contributed by atoms with Crippen molar-refractivity contribution in [2.45, 2.75) is 87.4 Å². The van der Waals surface area contributed by atoms with Crippen molar-refractivity contribution in [2.75, 3.05) is 25.5 Å². The summed E-state index contributed by atoms with van der Waals surface area (Å²) >= 11 is 2.82. The molecule has 1 aliphatic rings. The van der Waals surface area contributed by atoms with Gasteiger partial charge in [0.15, 0.2) is 10.0 Å². The number of carbonyl (C=O) groups is 2. The molecule has 12 heteroatoms. The van der Waals surface area contributed by atoms with Crippen LogP contribution in [0, 0.1) is 0 Å². The van der Waals surface area contributed by atoms with Gasteiger partial charge in [0.2, 0.25) is 5.91 Å². The molecule has 0 spiro atoms. The monoisotopic (exact) mass is 678 g/mol.